The van der Waals surface area contributed by atoms with Crippen LogP contribution in [0.5, 0.6) is 0 Å². The monoisotopic (exact) mass is 387 g/mol. The summed E-state index contributed by atoms with van der Waals surface area (Å²) in [5, 5.41) is 0. The van der Waals surface area contributed by atoms with Gasteiger partial charge in [-0.25, -0.2) is 0 Å². The Morgan fingerprint density at radius 3 is 1.93 bits per heavy atom. The number of hydrogen-bond donors (Lipinski definition) is 0. The SMILES string of the molecule is O=C(CCN1C(=O)[C@@H]2CC=CC[C@H]2C1=O)OC1c2ccccc2-c2ccccc21. The number of hydrogen-bond acceptors (Lipinski definition) is 4. The van der Waals surface area contributed by atoms with Crippen molar-refractivity contribution in [2.75, 3.05) is 6.54 Å². The summed E-state index contributed by atoms with van der Waals surface area (Å²) in [6, 6.07) is 15.8. The molecule has 5 heteroatoms. The summed E-state index contributed by atoms with van der Waals surface area (Å²) in [7, 11) is 0. The third-order valence-corrected chi connectivity index (χ3v) is 6.16. The average molecular weight is 387 g/mol. The lowest BCUT2D eigenvalue weighted by Gasteiger charge is -2.17. The zero-order valence-electron chi connectivity index (χ0n) is 15.9. The van der Waals surface area contributed by atoms with Gasteiger partial charge in [-0.2, -0.15) is 0 Å². The number of carbonyl (C=O) groups excluding carboxylic acids is 3. The molecule has 1 saturated heterocycles. The first kappa shape index (κ1) is 17.9. The second-order valence-corrected chi connectivity index (χ2v) is 7.78. The van der Waals surface area contributed by atoms with E-state index in [1.54, 1.807) is 0 Å². The van der Waals surface area contributed by atoms with Crippen molar-refractivity contribution in [1.29, 1.82) is 0 Å². The third-order valence-electron chi connectivity index (χ3n) is 6.16. The van der Waals surface area contributed by atoms with Crippen LogP contribution in [0.1, 0.15) is 36.5 Å². The molecule has 0 N–H and O–H groups in total. The maximum Gasteiger partial charge on any atom is 0.308 e. The van der Waals surface area contributed by atoms with Crippen LogP contribution >= 0.6 is 0 Å². The number of imide groups is 1. The Hall–Kier alpha value is -3.21. The summed E-state index contributed by atoms with van der Waals surface area (Å²) in [6.45, 7) is 0.0829. The van der Waals surface area contributed by atoms with Crippen LogP contribution in [0.15, 0.2) is 60.7 Å². The Labute approximate surface area is 169 Å². The number of rotatable bonds is 4. The van der Waals surface area contributed by atoms with E-state index >= 15 is 0 Å². The molecule has 5 rings (SSSR count). The summed E-state index contributed by atoms with van der Waals surface area (Å²) in [5.41, 5.74) is 4.07. The molecule has 2 atom stereocenters. The van der Waals surface area contributed by atoms with Crippen LogP contribution in [0.25, 0.3) is 11.1 Å². The first-order valence-corrected chi connectivity index (χ1v) is 10.0. The van der Waals surface area contributed by atoms with Crippen LogP contribution in [0.3, 0.4) is 0 Å². The van der Waals surface area contributed by atoms with E-state index in [9.17, 15) is 14.4 Å². The molecule has 1 fully saturated rings. The summed E-state index contributed by atoms with van der Waals surface area (Å²) in [4.78, 5) is 39.0. The van der Waals surface area contributed by atoms with E-state index in [4.69, 9.17) is 4.74 Å². The Kier molecular flexibility index (Phi) is 4.31. The molecule has 0 spiro atoms. The van der Waals surface area contributed by atoms with Crippen LogP contribution in [-0.2, 0) is 19.1 Å². The maximum absolute atomic E-state index is 12.6. The molecular formula is C24H21NO4. The quantitative estimate of drug-likeness (QED) is 0.456. The zero-order valence-corrected chi connectivity index (χ0v) is 15.9. The number of amides is 2. The van der Waals surface area contributed by atoms with Crippen molar-refractivity contribution in [1.82, 2.24) is 4.90 Å². The third kappa shape index (κ3) is 2.89. The molecule has 5 nitrogen and oxygen atoms in total. The minimum atomic E-state index is -0.452. The summed E-state index contributed by atoms with van der Waals surface area (Å²) in [6.07, 6.45) is 4.67. The molecule has 3 aliphatic rings. The summed E-state index contributed by atoms with van der Waals surface area (Å²) in [5.74, 6) is -1.26. The topological polar surface area (TPSA) is 63.7 Å². The number of esters is 1. The van der Waals surface area contributed by atoms with Crippen molar-refractivity contribution < 1.29 is 19.1 Å². The van der Waals surface area contributed by atoms with E-state index in [-0.39, 0.29) is 36.6 Å². The van der Waals surface area contributed by atoms with E-state index in [2.05, 4.69) is 0 Å². The van der Waals surface area contributed by atoms with Crippen molar-refractivity contribution in [3.63, 3.8) is 0 Å². The van der Waals surface area contributed by atoms with Gasteiger partial charge in [0.05, 0.1) is 18.3 Å². The number of ether oxygens (including phenoxy) is 1. The molecule has 2 aromatic rings. The van der Waals surface area contributed by atoms with E-state index in [1.807, 2.05) is 60.7 Å². The fourth-order valence-corrected chi connectivity index (χ4v) is 4.72. The van der Waals surface area contributed by atoms with Crippen LogP contribution in [0, 0.1) is 11.8 Å². The van der Waals surface area contributed by atoms with Gasteiger partial charge in [-0.1, -0.05) is 60.7 Å². The summed E-state index contributed by atoms with van der Waals surface area (Å²) >= 11 is 0. The van der Waals surface area contributed by atoms with Crippen molar-refractivity contribution in [3.05, 3.63) is 71.8 Å². The van der Waals surface area contributed by atoms with Crippen LogP contribution in [0.2, 0.25) is 0 Å². The molecule has 146 valence electrons. The highest BCUT2D eigenvalue weighted by molar-refractivity contribution is 6.05. The fourth-order valence-electron chi connectivity index (χ4n) is 4.72. The Morgan fingerprint density at radius 2 is 1.38 bits per heavy atom. The van der Waals surface area contributed by atoms with Gasteiger partial charge in [0.2, 0.25) is 11.8 Å². The lowest BCUT2D eigenvalue weighted by atomic mass is 9.85. The van der Waals surface area contributed by atoms with Gasteiger partial charge in [-0.15, -0.1) is 0 Å². The number of likely N-dealkylation sites (tertiary alicyclic amines) is 1. The Bertz CT molecular complexity index is 969. The van der Waals surface area contributed by atoms with Gasteiger partial charge < -0.3 is 4.74 Å². The first-order valence-electron chi connectivity index (χ1n) is 10.0. The van der Waals surface area contributed by atoms with Gasteiger partial charge in [0.1, 0.15) is 0 Å². The average Bonchev–Trinajstić information content (AvgIpc) is 3.20. The largest absolute Gasteiger partial charge is 0.452 e. The predicted octanol–water partition coefficient (Wildman–Crippen LogP) is 3.64. The Morgan fingerprint density at radius 1 is 0.862 bits per heavy atom. The van der Waals surface area contributed by atoms with Crippen molar-refractivity contribution in [3.8, 4) is 11.1 Å². The van der Waals surface area contributed by atoms with Gasteiger partial charge in [-0.05, 0) is 24.0 Å². The number of nitrogens with zero attached hydrogens (tertiary/aromatic N) is 1. The van der Waals surface area contributed by atoms with Crippen molar-refractivity contribution in [2.45, 2.75) is 25.4 Å². The number of allylic oxidation sites excluding steroid dienone is 2. The van der Waals surface area contributed by atoms with Gasteiger partial charge in [0, 0.05) is 17.7 Å². The molecule has 0 bridgehead atoms. The molecule has 0 unspecified atom stereocenters. The molecule has 0 saturated carbocycles. The van der Waals surface area contributed by atoms with E-state index in [0.29, 0.717) is 12.8 Å². The Balaban J connectivity index is 1.29. The molecule has 0 radical (unpaired) electrons. The second kappa shape index (κ2) is 6.99. The van der Waals surface area contributed by atoms with Gasteiger partial charge >= 0.3 is 5.97 Å². The van der Waals surface area contributed by atoms with E-state index in [0.717, 1.165) is 22.3 Å². The van der Waals surface area contributed by atoms with Gasteiger partial charge in [-0.3, -0.25) is 19.3 Å². The first-order chi connectivity index (χ1) is 14.1. The predicted molar refractivity (Wildman–Crippen MR) is 107 cm³/mol. The molecule has 2 amide bonds. The lowest BCUT2D eigenvalue weighted by Crippen LogP contribution is -2.33. The number of fused-ring (bicyclic) bond motifs is 4. The molecule has 2 aliphatic carbocycles. The highest BCUT2D eigenvalue weighted by atomic mass is 16.5. The van der Waals surface area contributed by atoms with Crippen molar-refractivity contribution in [2.24, 2.45) is 11.8 Å². The normalized spacial score (nSPS) is 22.4. The molecule has 0 aromatic heterocycles. The minimum absolute atomic E-state index is 0.00514. The van der Waals surface area contributed by atoms with Gasteiger partial charge in [0.15, 0.2) is 6.10 Å². The highest BCUT2D eigenvalue weighted by Gasteiger charge is 2.47. The molecule has 1 heterocycles. The zero-order chi connectivity index (χ0) is 20.0. The standard InChI is InChI=1S/C24H21NO4/c26-21(13-14-25-23(27)19-11-5-6-12-20(19)24(25)28)29-22-17-9-3-1-7-15(17)16-8-2-4-10-18(16)22/h1-10,19-20,22H,11-14H2/t19-,20-/m1/s1. The molecule has 2 aromatic carbocycles. The molecular weight excluding hydrogens is 366 g/mol. The minimum Gasteiger partial charge on any atom is -0.452 e. The summed E-state index contributed by atoms with van der Waals surface area (Å²) < 4.78 is 5.81. The van der Waals surface area contributed by atoms with Crippen LogP contribution in [0.4, 0.5) is 0 Å². The fraction of sp³-hybridized carbons (Fsp3) is 0.292. The van der Waals surface area contributed by atoms with Crippen molar-refractivity contribution >= 4 is 17.8 Å². The lowest BCUT2D eigenvalue weighted by molar-refractivity contribution is -0.148. The maximum atomic E-state index is 12.6. The van der Waals surface area contributed by atoms with E-state index in [1.165, 1.54) is 4.90 Å². The second-order valence-electron chi connectivity index (χ2n) is 7.78. The number of carbonyl (C=O) groups is 3. The van der Waals surface area contributed by atoms with Crippen LogP contribution in [-0.4, -0.2) is 29.2 Å². The smallest absolute Gasteiger partial charge is 0.308 e. The van der Waals surface area contributed by atoms with E-state index < -0.39 is 12.1 Å². The number of benzene rings is 2. The van der Waals surface area contributed by atoms with Gasteiger partial charge in [0.25, 0.3) is 0 Å². The molecule has 29 heavy (non-hydrogen) atoms. The highest BCUT2D eigenvalue weighted by Crippen LogP contribution is 2.45. The molecule has 1 aliphatic heterocycles. The van der Waals surface area contributed by atoms with Crippen LogP contribution < -0.4 is 0 Å².